The summed E-state index contributed by atoms with van der Waals surface area (Å²) in [6, 6.07) is 16.2. The van der Waals surface area contributed by atoms with Crippen molar-refractivity contribution >= 4 is 58.5 Å². The molecule has 0 spiro atoms. The number of terminal acetylenes is 1. The summed E-state index contributed by atoms with van der Waals surface area (Å²) in [4.78, 5) is 22.8. The van der Waals surface area contributed by atoms with Gasteiger partial charge in [0.15, 0.2) is 11.9 Å². The molecular formula is C32H36Cl2N14. The Morgan fingerprint density at radius 1 is 0.833 bits per heavy atom. The fourth-order valence-electron chi connectivity index (χ4n) is 4.81. The number of aromatic amines is 4. The van der Waals surface area contributed by atoms with E-state index in [1.54, 1.807) is 12.4 Å². The number of nitrogens with two attached hydrogens (primary N) is 2. The molecule has 7 rings (SSSR count). The average molecular weight is 688 g/mol. The number of hydrogen-bond donors (Lipinski definition) is 6. The number of nitrogen functional groups attached to an aromatic ring is 2. The quantitative estimate of drug-likeness (QED) is 0.0443. The van der Waals surface area contributed by atoms with Crippen molar-refractivity contribution in [3.63, 3.8) is 0 Å². The zero-order valence-electron chi connectivity index (χ0n) is 25.9. The molecule has 8 N–H and O–H groups in total. The van der Waals surface area contributed by atoms with E-state index in [1.807, 2.05) is 59.7 Å². The minimum Gasteiger partial charge on any atom is -0.369 e. The van der Waals surface area contributed by atoms with Crippen molar-refractivity contribution in [3.05, 3.63) is 118 Å². The Balaban J connectivity index is 0.000000213. The average Bonchev–Trinajstić information content (AvgIpc) is 3.92. The summed E-state index contributed by atoms with van der Waals surface area (Å²) in [6.45, 7) is 1.11. The van der Waals surface area contributed by atoms with Crippen LogP contribution >= 0.6 is 24.8 Å². The number of halogens is 2. The van der Waals surface area contributed by atoms with Crippen LogP contribution in [-0.4, -0.2) is 44.9 Å². The number of nitrogens with zero attached hydrogens (tertiary/aromatic N) is 8. The molecule has 0 aliphatic carbocycles. The van der Waals surface area contributed by atoms with Gasteiger partial charge in [0.25, 0.3) is 0 Å². The molecule has 5 heterocycles. The van der Waals surface area contributed by atoms with Crippen molar-refractivity contribution in [1.82, 2.24) is 44.9 Å². The third kappa shape index (κ3) is 10.1. The fraction of sp³-hybridized carbons (Fsp3) is 0.188. The Morgan fingerprint density at radius 2 is 1.42 bits per heavy atom. The van der Waals surface area contributed by atoms with E-state index in [-0.39, 0.29) is 24.8 Å². The summed E-state index contributed by atoms with van der Waals surface area (Å²) in [5.74, 6) is 3.44. The Morgan fingerprint density at radius 3 is 2.00 bits per heavy atom. The summed E-state index contributed by atoms with van der Waals surface area (Å²) < 4.78 is 1.87. The van der Waals surface area contributed by atoms with Gasteiger partial charge in [-0.3, -0.25) is 0 Å². The molecule has 0 saturated carbocycles. The van der Waals surface area contributed by atoms with Crippen LogP contribution in [0.25, 0.3) is 32.2 Å². The number of aryl methyl sites for hydroxylation is 3. The van der Waals surface area contributed by atoms with Crippen molar-refractivity contribution in [2.45, 2.75) is 38.8 Å². The second-order valence-electron chi connectivity index (χ2n) is 10.3. The maximum Gasteiger partial charge on any atom is 0.197 e. The summed E-state index contributed by atoms with van der Waals surface area (Å²) in [7, 11) is 0. The first-order valence-corrected chi connectivity index (χ1v) is 14.5. The van der Waals surface area contributed by atoms with Crippen LogP contribution in [0, 0.1) is 12.3 Å². The van der Waals surface area contributed by atoms with Crippen LogP contribution in [0.1, 0.15) is 34.6 Å². The van der Waals surface area contributed by atoms with E-state index in [0.29, 0.717) is 25.0 Å². The molecule has 0 aliphatic heterocycles. The van der Waals surface area contributed by atoms with Gasteiger partial charge in [0.05, 0.1) is 31.2 Å². The van der Waals surface area contributed by atoms with Crippen LogP contribution in [0.4, 0.5) is 11.9 Å². The molecule has 0 aliphatic rings. The molecule has 2 aromatic carbocycles. The van der Waals surface area contributed by atoms with E-state index < -0.39 is 0 Å². The number of para-hydroxylation sites is 2. The molecule has 5 aromatic heterocycles. The molecule has 0 saturated heterocycles. The van der Waals surface area contributed by atoms with E-state index in [4.69, 9.17) is 23.4 Å². The van der Waals surface area contributed by atoms with Gasteiger partial charge in [-0.15, -0.1) is 42.3 Å². The highest BCUT2D eigenvalue weighted by atomic mass is 35.5. The van der Waals surface area contributed by atoms with Crippen molar-refractivity contribution in [2.24, 2.45) is 5.11 Å². The number of fused-ring (bicyclic) bond motifs is 2. The largest absolute Gasteiger partial charge is 0.369 e. The molecule has 48 heavy (non-hydrogen) atoms. The highest BCUT2D eigenvalue weighted by molar-refractivity contribution is 5.86. The molecular weight excluding hydrogens is 651 g/mol. The van der Waals surface area contributed by atoms with Gasteiger partial charge in [0, 0.05) is 69.5 Å². The molecule has 0 unspecified atom stereocenters. The molecule has 14 nitrogen and oxygen atoms in total. The number of nitrogens with one attached hydrogen (secondary N) is 4. The number of aromatic nitrogens is 9. The van der Waals surface area contributed by atoms with Crippen molar-refractivity contribution in [3.8, 4) is 12.3 Å². The lowest BCUT2D eigenvalue weighted by molar-refractivity contribution is 0.651. The summed E-state index contributed by atoms with van der Waals surface area (Å²) >= 11 is 0. The predicted octanol–water partition coefficient (Wildman–Crippen LogP) is 6.28. The van der Waals surface area contributed by atoms with Gasteiger partial charge >= 0.3 is 0 Å². The normalized spacial score (nSPS) is 9.98. The van der Waals surface area contributed by atoms with Gasteiger partial charge in [0.1, 0.15) is 0 Å². The first-order valence-electron chi connectivity index (χ1n) is 14.5. The van der Waals surface area contributed by atoms with Gasteiger partial charge < -0.3 is 31.4 Å². The van der Waals surface area contributed by atoms with Crippen LogP contribution < -0.4 is 11.5 Å². The lowest BCUT2D eigenvalue weighted by atomic mass is 10.2. The Hall–Kier alpha value is -5.87. The van der Waals surface area contributed by atoms with Crippen LogP contribution in [0.2, 0.25) is 0 Å². The molecule has 0 fully saturated rings. The molecule has 0 radical (unpaired) electrons. The molecule has 0 atom stereocenters. The minimum absolute atomic E-state index is 0. The third-order valence-electron chi connectivity index (χ3n) is 7.06. The molecule has 7 aromatic rings. The van der Waals surface area contributed by atoms with Crippen molar-refractivity contribution in [1.29, 1.82) is 0 Å². The second-order valence-corrected chi connectivity index (χ2v) is 10.3. The van der Waals surface area contributed by atoms with Gasteiger partial charge in [0.2, 0.25) is 0 Å². The zero-order chi connectivity index (χ0) is 32.1. The number of hydrogen-bond acceptors (Lipinski definition) is 7. The molecule has 248 valence electrons. The topological polar surface area (TPSA) is 220 Å². The summed E-state index contributed by atoms with van der Waals surface area (Å²) in [5.41, 5.74) is 26.5. The lowest BCUT2D eigenvalue weighted by Crippen LogP contribution is -1.99. The SMILES string of the molecule is C#CCCc1cnc(N)[nH]1.Cl.Cl.Nc1ncc(CCc2cn(Cc3c[nH]c4ccccc34)nn2)[nH]1.[N-]=[N+]=NCc1c[nH]c2ccccc12. The fourth-order valence-corrected chi connectivity index (χ4v) is 4.81. The maximum absolute atomic E-state index is 8.19. The van der Waals surface area contributed by atoms with E-state index in [2.05, 4.69) is 68.3 Å². The first-order chi connectivity index (χ1) is 22.5. The second kappa shape index (κ2) is 18.3. The van der Waals surface area contributed by atoms with E-state index >= 15 is 0 Å². The summed E-state index contributed by atoms with van der Waals surface area (Å²) in [6.07, 6.45) is 17.6. The van der Waals surface area contributed by atoms with Crippen LogP contribution in [0.3, 0.4) is 0 Å². The Kier molecular flexibility index (Phi) is 14.0. The number of benzene rings is 2. The van der Waals surface area contributed by atoms with Crippen LogP contribution in [0.15, 0.2) is 84.6 Å². The van der Waals surface area contributed by atoms with Crippen LogP contribution in [-0.2, 0) is 32.4 Å². The number of imidazole rings is 2. The van der Waals surface area contributed by atoms with Gasteiger partial charge in [-0.1, -0.05) is 46.7 Å². The molecule has 0 bridgehead atoms. The highest BCUT2D eigenvalue weighted by Gasteiger charge is 2.07. The smallest absolute Gasteiger partial charge is 0.197 e. The number of azide groups is 1. The minimum atomic E-state index is 0. The Labute approximate surface area is 288 Å². The van der Waals surface area contributed by atoms with Gasteiger partial charge in [-0.2, -0.15) is 0 Å². The number of rotatable bonds is 9. The van der Waals surface area contributed by atoms with E-state index in [1.165, 1.54) is 10.9 Å². The van der Waals surface area contributed by atoms with Crippen LogP contribution in [0.5, 0.6) is 0 Å². The lowest BCUT2D eigenvalue weighted by Gasteiger charge is -1.98. The monoisotopic (exact) mass is 686 g/mol. The standard InChI is InChI=1S/C16H17N7.C9H8N4.C7H9N3.2ClH/c17-16-19-8-12(20-16)5-6-13-10-23(22-21-13)9-11-7-18-15-4-2-1-3-14(11)15;10-13-12-6-7-5-11-9-4-2-1-3-8(7)9;1-2-3-4-6-5-9-7(8)10-6;;/h1-4,7-8,10,18H,5-6,9H2,(H3,17,19,20);1-5,11H,6H2;1,5H,3-4H2,(H3,8,9,10);2*1H. The zero-order valence-corrected chi connectivity index (χ0v) is 27.5. The number of H-pyrrole nitrogens is 4. The first kappa shape index (κ1) is 36.6. The third-order valence-corrected chi connectivity index (χ3v) is 7.06. The van der Waals surface area contributed by atoms with Crippen molar-refractivity contribution < 1.29 is 0 Å². The highest BCUT2D eigenvalue weighted by Crippen LogP contribution is 2.19. The molecule has 0 amide bonds. The van der Waals surface area contributed by atoms with Crippen molar-refractivity contribution in [2.75, 3.05) is 11.5 Å². The van der Waals surface area contributed by atoms with E-state index in [9.17, 15) is 0 Å². The maximum atomic E-state index is 8.19. The summed E-state index contributed by atoms with van der Waals surface area (Å²) in [5, 5.41) is 14.3. The number of anilines is 2. The van der Waals surface area contributed by atoms with Gasteiger partial charge in [-0.05, 0) is 41.6 Å². The van der Waals surface area contributed by atoms with E-state index in [0.717, 1.165) is 64.7 Å². The predicted molar refractivity (Wildman–Crippen MR) is 194 cm³/mol. The van der Waals surface area contributed by atoms with Gasteiger partial charge in [-0.25, -0.2) is 14.6 Å². The Bertz CT molecular complexity index is 2090. The molecule has 16 heteroatoms.